The molecule has 3 heteroatoms. The van der Waals surface area contributed by atoms with Crippen LogP contribution in [0, 0.1) is 0 Å². The minimum absolute atomic E-state index is 0.137. The molecule has 2 aliphatic rings. The molecule has 1 aliphatic carbocycles. The van der Waals surface area contributed by atoms with Crippen LogP contribution in [-0.2, 0) is 0 Å². The normalized spacial score (nSPS) is 22.7. The molecule has 0 unspecified atom stereocenters. The topological polar surface area (TPSA) is 32.3 Å². The Labute approximate surface area is 85.2 Å². The van der Waals surface area contributed by atoms with E-state index in [9.17, 15) is 4.79 Å². The van der Waals surface area contributed by atoms with Crippen LogP contribution in [0.4, 0.5) is 4.79 Å². The highest BCUT2D eigenvalue weighted by Gasteiger charge is 2.19. The molecule has 78 valence electrons. The fraction of sp³-hybridized carbons (Fsp3) is 0.727. The summed E-state index contributed by atoms with van der Waals surface area (Å²) in [6, 6.07) is 0.489. The minimum Gasteiger partial charge on any atom is -0.335 e. The van der Waals surface area contributed by atoms with E-state index in [0.29, 0.717) is 6.04 Å². The fourth-order valence-electron chi connectivity index (χ4n) is 2.10. The van der Waals surface area contributed by atoms with E-state index < -0.39 is 0 Å². The maximum absolute atomic E-state index is 11.7. The monoisotopic (exact) mass is 194 g/mol. The van der Waals surface area contributed by atoms with Crippen molar-refractivity contribution >= 4 is 6.03 Å². The van der Waals surface area contributed by atoms with Crippen LogP contribution < -0.4 is 5.32 Å². The molecular weight excluding hydrogens is 176 g/mol. The molecule has 0 bridgehead atoms. The lowest BCUT2D eigenvalue weighted by molar-refractivity contribution is 0.183. The second-order valence-electron chi connectivity index (χ2n) is 4.14. The average molecular weight is 194 g/mol. The van der Waals surface area contributed by atoms with Gasteiger partial charge in [-0.25, -0.2) is 4.79 Å². The summed E-state index contributed by atoms with van der Waals surface area (Å²) in [6.45, 7) is 1.87. The van der Waals surface area contributed by atoms with Crippen molar-refractivity contribution in [1.82, 2.24) is 10.2 Å². The summed E-state index contributed by atoms with van der Waals surface area (Å²) < 4.78 is 0. The van der Waals surface area contributed by atoms with E-state index in [4.69, 9.17) is 0 Å². The summed E-state index contributed by atoms with van der Waals surface area (Å²) in [6.07, 6.45) is 9.88. The number of hydrogen-bond acceptors (Lipinski definition) is 1. The van der Waals surface area contributed by atoms with E-state index >= 15 is 0 Å². The molecule has 1 aliphatic heterocycles. The van der Waals surface area contributed by atoms with Gasteiger partial charge in [-0.3, -0.25) is 0 Å². The maximum Gasteiger partial charge on any atom is 0.317 e. The first-order valence-electron chi connectivity index (χ1n) is 5.57. The third-order valence-corrected chi connectivity index (χ3v) is 2.98. The molecule has 1 N–H and O–H groups in total. The summed E-state index contributed by atoms with van der Waals surface area (Å²) in [4.78, 5) is 13.7. The van der Waals surface area contributed by atoms with E-state index in [1.54, 1.807) is 0 Å². The number of carbonyl (C=O) groups is 1. The number of likely N-dealkylation sites (tertiary alicyclic amines) is 1. The van der Waals surface area contributed by atoms with Crippen molar-refractivity contribution in [2.24, 2.45) is 0 Å². The summed E-state index contributed by atoms with van der Waals surface area (Å²) in [5, 5.41) is 3.07. The Kier molecular flexibility index (Phi) is 3.07. The molecule has 1 heterocycles. The first-order valence-corrected chi connectivity index (χ1v) is 5.57. The largest absolute Gasteiger partial charge is 0.335 e. The molecule has 0 radical (unpaired) electrons. The van der Waals surface area contributed by atoms with E-state index in [-0.39, 0.29) is 6.03 Å². The molecule has 0 saturated carbocycles. The first-order chi connectivity index (χ1) is 6.86. The number of rotatable bonds is 1. The lowest BCUT2D eigenvalue weighted by Gasteiger charge is -2.28. The second kappa shape index (κ2) is 4.49. The van der Waals surface area contributed by atoms with Crippen molar-refractivity contribution in [3.63, 3.8) is 0 Å². The SMILES string of the molecule is O=C(NC1CC=CC1)N1CCCCC1. The van der Waals surface area contributed by atoms with Crippen molar-refractivity contribution in [2.75, 3.05) is 13.1 Å². The highest BCUT2D eigenvalue weighted by atomic mass is 16.2. The third-order valence-electron chi connectivity index (χ3n) is 2.98. The van der Waals surface area contributed by atoms with Gasteiger partial charge in [0.1, 0.15) is 0 Å². The highest BCUT2D eigenvalue weighted by molar-refractivity contribution is 5.74. The van der Waals surface area contributed by atoms with Gasteiger partial charge in [0.2, 0.25) is 0 Å². The summed E-state index contributed by atoms with van der Waals surface area (Å²) >= 11 is 0. The van der Waals surface area contributed by atoms with Crippen LogP contribution in [0.3, 0.4) is 0 Å². The third kappa shape index (κ3) is 2.28. The molecule has 0 spiro atoms. The molecule has 1 saturated heterocycles. The molecule has 0 aromatic rings. The second-order valence-corrected chi connectivity index (χ2v) is 4.14. The molecule has 0 atom stereocenters. The van der Waals surface area contributed by atoms with Gasteiger partial charge in [-0.2, -0.15) is 0 Å². The average Bonchev–Trinajstić information content (AvgIpc) is 2.72. The predicted octanol–water partition coefficient (Wildman–Crippen LogP) is 1.90. The van der Waals surface area contributed by atoms with Gasteiger partial charge in [0.25, 0.3) is 0 Å². The van der Waals surface area contributed by atoms with E-state index in [2.05, 4.69) is 17.5 Å². The van der Waals surface area contributed by atoms with Gasteiger partial charge in [0.15, 0.2) is 0 Å². The standard InChI is InChI=1S/C11H18N2O/c14-11(12-10-6-2-3-7-10)13-8-4-1-5-9-13/h2-3,10H,1,4-9H2,(H,12,14). The molecule has 3 nitrogen and oxygen atoms in total. The Bertz CT molecular complexity index is 223. The van der Waals surface area contributed by atoms with Crippen molar-refractivity contribution in [1.29, 1.82) is 0 Å². The lowest BCUT2D eigenvalue weighted by Crippen LogP contribution is -2.46. The van der Waals surface area contributed by atoms with E-state index in [1.807, 2.05) is 4.90 Å². The van der Waals surface area contributed by atoms with Crippen molar-refractivity contribution in [3.05, 3.63) is 12.2 Å². The minimum atomic E-state index is 0.137. The molecule has 0 aromatic heterocycles. The van der Waals surface area contributed by atoms with Gasteiger partial charge in [0.05, 0.1) is 0 Å². The van der Waals surface area contributed by atoms with Gasteiger partial charge in [-0.15, -0.1) is 0 Å². The lowest BCUT2D eigenvalue weighted by atomic mass is 10.1. The number of piperidine rings is 1. The van der Waals surface area contributed by atoms with Crippen LogP contribution in [0.5, 0.6) is 0 Å². The Morgan fingerprint density at radius 3 is 2.43 bits per heavy atom. The first kappa shape index (κ1) is 9.56. The number of amides is 2. The number of hydrogen-bond donors (Lipinski definition) is 1. The quantitative estimate of drug-likeness (QED) is 0.635. The molecule has 14 heavy (non-hydrogen) atoms. The van der Waals surface area contributed by atoms with Crippen LogP contribution in [0.25, 0.3) is 0 Å². The number of nitrogens with one attached hydrogen (secondary N) is 1. The fourth-order valence-corrected chi connectivity index (χ4v) is 2.10. The molecule has 0 aromatic carbocycles. The maximum atomic E-state index is 11.7. The van der Waals surface area contributed by atoms with Gasteiger partial charge >= 0.3 is 6.03 Å². The Balaban J connectivity index is 1.76. The van der Waals surface area contributed by atoms with Crippen molar-refractivity contribution < 1.29 is 4.79 Å². The van der Waals surface area contributed by atoms with Crippen LogP contribution in [0.1, 0.15) is 32.1 Å². The van der Waals surface area contributed by atoms with Crippen molar-refractivity contribution in [3.8, 4) is 0 Å². The summed E-state index contributed by atoms with van der Waals surface area (Å²) in [7, 11) is 0. The summed E-state index contributed by atoms with van der Waals surface area (Å²) in [5.41, 5.74) is 0. The van der Waals surface area contributed by atoms with Gasteiger partial charge in [0, 0.05) is 19.1 Å². The highest BCUT2D eigenvalue weighted by Crippen LogP contribution is 2.12. The Morgan fingerprint density at radius 1 is 1.14 bits per heavy atom. The van der Waals surface area contributed by atoms with Crippen LogP contribution in [0.15, 0.2) is 12.2 Å². The zero-order valence-corrected chi connectivity index (χ0v) is 8.54. The van der Waals surface area contributed by atoms with Gasteiger partial charge in [-0.1, -0.05) is 12.2 Å². The van der Waals surface area contributed by atoms with Gasteiger partial charge < -0.3 is 10.2 Å². The number of urea groups is 1. The van der Waals surface area contributed by atoms with Gasteiger partial charge in [-0.05, 0) is 32.1 Å². The zero-order valence-electron chi connectivity index (χ0n) is 8.54. The molecular formula is C11H18N2O. The molecule has 1 fully saturated rings. The summed E-state index contributed by atoms with van der Waals surface area (Å²) in [5.74, 6) is 0. The van der Waals surface area contributed by atoms with Crippen LogP contribution >= 0.6 is 0 Å². The van der Waals surface area contributed by atoms with Crippen LogP contribution in [-0.4, -0.2) is 30.1 Å². The molecule has 2 amide bonds. The zero-order chi connectivity index (χ0) is 9.80. The molecule has 2 rings (SSSR count). The van der Waals surface area contributed by atoms with E-state index in [1.165, 1.54) is 6.42 Å². The Hall–Kier alpha value is -0.990. The predicted molar refractivity (Wildman–Crippen MR) is 56.1 cm³/mol. The van der Waals surface area contributed by atoms with Crippen molar-refractivity contribution in [2.45, 2.75) is 38.1 Å². The smallest absolute Gasteiger partial charge is 0.317 e. The van der Waals surface area contributed by atoms with E-state index in [0.717, 1.165) is 38.8 Å². The Morgan fingerprint density at radius 2 is 1.79 bits per heavy atom. The van der Waals surface area contributed by atoms with Crippen LogP contribution in [0.2, 0.25) is 0 Å². The number of nitrogens with zero attached hydrogens (tertiary/aromatic N) is 1. The number of carbonyl (C=O) groups excluding carboxylic acids is 1.